The molecule has 0 aliphatic carbocycles. The van der Waals surface area contributed by atoms with Gasteiger partial charge in [-0.1, -0.05) is 70.0 Å². The molecule has 4 aromatic carbocycles. The summed E-state index contributed by atoms with van der Waals surface area (Å²) in [6, 6.07) is 23.0. The zero-order chi connectivity index (χ0) is 25.2. The number of benzene rings is 4. The van der Waals surface area contributed by atoms with Crippen molar-refractivity contribution in [2.45, 2.75) is 13.5 Å². The van der Waals surface area contributed by atoms with E-state index in [0.29, 0.717) is 45.4 Å². The molecule has 0 aliphatic rings. The maximum Gasteiger partial charge on any atom is 0.282 e. The standard InChI is InChI=1S/C28H21BrClN3O3/c1-17-32-25-11-10-21(29)13-24(25)28(34)33(17)31-15-20-12-22(30)14-26(35-2)27(20)36-16-19-8-5-7-18-6-3-4-9-23(18)19/h3-15H,16H2,1-2H3. The summed E-state index contributed by atoms with van der Waals surface area (Å²) in [6.45, 7) is 2.04. The van der Waals surface area contributed by atoms with Crippen LogP contribution in [-0.2, 0) is 6.61 Å². The molecule has 180 valence electrons. The second-order valence-electron chi connectivity index (χ2n) is 8.14. The Labute approximate surface area is 220 Å². The Morgan fingerprint density at radius 1 is 1.06 bits per heavy atom. The van der Waals surface area contributed by atoms with Crippen molar-refractivity contribution in [1.29, 1.82) is 0 Å². The molecule has 1 heterocycles. The fourth-order valence-electron chi connectivity index (χ4n) is 4.07. The van der Waals surface area contributed by atoms with Gasteiger partial charge in [-0.2, -0.15) is 9.78 Å². The first kappa shape index (κ1) is 24.0. The van der Waals surface area contributed by atoms with Crippen LogP contribution in [0.25, 0.3) is 21.7 Å². The van der Waals surface area contributed by atoms with Crippen LogP contribution in [0.5, 0.6) is 11.5 Å². The van der Waals surface area contributed by atoms with E-state index in [1.807, 2.05) is 30.3 Å². The third-order valence-corrected chi connectivity index (χ3v) is 6.51. The van der Waals surface area contributed by atoms with Crippen LogP contribution in [0.1, 0.15) is 17.0 Å². The van der Waals surface area contributed by atoms with Crippen molar-refractivity contribution in [3.63, 3.8) is 0 Å². The average molecular weight is 563 g/mol. The van der Waals surface area contributed by atoms with Crippen LogP contribution in [0.3, 0.4) is 0 Å². The Balaban J connectivity index is 1.55. The van der Waals surface area contributed by atoms with Crippen LogP contribution in [0.4, 0.5) is 0 Å². The minimum absolute atomic E-state index is 0.276. The molecule has 0 unspecified atom stereocenters. The van der Waals surface area contributed by atoms with E-state index in [2.05, 4.69) is 44.2 Å². The Kier molecular flexibility index (Phi) is 6.76. The maximum atomic E-state index is 13.1. The van der Waals surface area contributed by atoms with Gasteiger partial charge in [-0.25, -0.2) is 4.98 Å². The number of aromatic nitrogens is 2. The van der Waals surface area contributed by atoms with Crippen LogP contribution in [-0.4, -0.2) is 23.0 Å². The lowest BCUT2D eigenvalue weighted by Gasteiger charge is -2.15. The predicted octanol–water partition coefficient (Wildman–Crippen LogP) is 6.74. The summed E-state index contributed by atoms with van der Waals surface area (Å²) in [7, 11) is 1.55. The number of halogens is 2. The Bertz CT molecular complexity index is 1690. The van der Waals surface area contributed by atoms with Crippen molar-refractivity contribution in [2.75, 3.05) is 7.11 Å². The van der Waals surface area contributed by atoms with Crippen molar-refractivity contribution >= 4 is 55.4 Å². The van der Waals surface area contributed by atoms with E-state index in [0.717, 1.165) is 20.8 Å². The van der Waals surface area contributed by atoms with E-state index >= 15 is 0 Å². The third kappa shape index (κ3) is 4.72. The van der Waals surface area contributed by atoms with Crippen LogP contribution < -0.4 is 15.0 Å². The molecule has 0 atom stereocenters. The summed E-state index contributed by atoms with van der Waals surface area (Å²) in [4.78, 5) is 17.7. The number of ether oxygens (including phenoxy) is 2. The van der Waals surface area contributed by atoms with E-state index in [1.54, 1.807) is 38.3 Å². The summed E-state index contributed by atoms with van der Waals surface area (Å²) < 4.78 is 13.9. The Hall–Kier alpha value is -3.68. The molecular formula is C28H21BrClN3O3. The first-order valence-electron chi connectivity index (χ1n) is 11.1. The van der Waals surface area contributed by atoms with Crippen LogP contribution in [0, 0.1) is 6.92 Å². The van der Waals surface area contributed by atoms with Gasteiger partial charge in [0.25, 0.3) is 5.56 Å². The number of hydrogen-bond donors (Lipinski definition) is 0. The summed E-state index contributed by atoms with van der Waals surface area (Å²) in [5.41, 5.74) is 1.93. The average Bonchev–Trinajstić information content (AvgIpc) is 2.88. The van der Waals surface area contributed by atoms with Gasteiger partial charge in [-0.3, -0.25) is 4.79 Å². The van der Waals surface area contributed by atoms with E-state index < -0.39 is 0 Å². The number of hydrogen-bond acceptors (Lipinski definition) is 5. The van der Waals surface area contributed by atoms with Crippen molar-refractivity contribution in [3.8, 4) is 11.5 Å². The monoisotopic (exact) mass is 561 g/mol. The first-order valence-corrected chi connectivity index (χ1v) is 12.3. The first-order chi connectivity index (χ1) is 17.4. The molecule has 8 heteroatoms. The van der Waals surface area contributed by atoms with Crippen molar-refractivity contribution in [1.82, 2.24) is 9.66 Å². The Morgan fingerprint density at radius 2 is 1.86 bits per heavy atom. The number of fused-ring (bicyclic) bond motifs is 2. The highest BCUT2D eigenvalue weighted by atomic mass is 79.9. The van der Waals surface area contributed by atoms with Gasteiger partial charge < -0.3 is 9.47 Å². The highest BCUT2D eigenvalue weighted by Gasteiger charge is 2.14. The lowest BCUT2D eigenvalue weighted by molar-refractivity contribution is 0.285. The van der Waals surface area contributed by atoms with Gasteiger partial charge in [0.1, 0.15) is 12.4 Å². The van der Waals surface area contributed by atoms with Crippen molar-refractivity contribution in [3.05, 3.63) is 110 Å². The minimum atomic E-state index is -0.276. The van der Waals surface area contributed by atoms with E-state index in [9.17, 15) is 4.79 Å². The van der Waals surface area contributed by atoms with Crippen LogP contribution in [0.2, 0.25) is 5.02 Å². The van der Waals surface area contributed by atoms with Gasteiger partial charge in [0.05, 0.1) is 24.2 Å². The summed E-state index contributed by atoms with van der Waals surface area (Å²) in [5.74, 6) is 1.40. The van der Waals surface area contributed by atoms with Gasteiger partial charge in [0, 0.05) is 21.1 Å². The zero-order valence-corrected chi connectivity index (χ0v) is 21.9. The molecule has 0 bridgehead atoms. The highest BCUT2D eigenvalue weighted by molar-refractivity contribution is 9.10. The molecule has 0 radical (unpaired) electrons. The number of rotatable bonds is 6. The molecule has 0 aliphatic heterocycles. The SMILES string of the molecule is COc1cc(Cl)cc(C=Nn2c(C)nc3ccc(Br)cc3c2=O)c1OCc1cccc2ccccc12. The lowest BCUT2D eigenvalue weighted by Crippen LogP contribution is -2.20. The molecule has 0 spiro atoms. The smallest absolute Gasteiger partial charge is 0.282 e. The number of aryl methyl sites for hydroxylation is 1. The molecule has 5 rings (SSSR count). The van der Waals surface area contributed by atoms with E-state index in [1.165, 1.54) is 10.9 Å². The maximum absolute atomic E-state index is 13.1. The van der Waals surface area contributed by atoms with Gasteiger partial charge in [0.2, 0.25) is 0 Å². The van der Waals surface area contributed by atoms with Crippen LogP contribution >= 0.6 is 27.5 Å². The summed E-state index contributed by atoms with van der Waals surface area (Å²) in [5, 5.41) is 7.60. The molecule has 1 aromatic heterocycles. The Morgan fingerprint density at radius 3 is 2.69 bits per heavy atom. The summed E-state index contributed by atoms with van der Waals surface area (Å²) in [6.07, 6.45) is 1.53. The normalized spacial score (nSPS) is 11.4. The number of methoxy groups -OCH3 is 1. The van der Waals surface area contributed by atoms with Gasteiger partial charge >= 0.3 is 0 Å². The molecular weight excluding hydrogens is 542 g/mol. The topological polar surface area (TPSA) is 65.7 Å². The number of nitrogens with zero attached hydrogens (tertiary/aromatic N) is 3. The molecule has 0 N–H and O–H groups in total. The molecule has 0 fully saturated rings. The largest absolute Gasteiger partial charge is 0.493 e. The van der Waals surface area contributed by atoms with Crippen molar-refractivity contribution < 1.29 is 9.47 Å². The van der Waals surface area contributed by atoms with Gasteiger partial charge in [-0.15, -0.1) is 0 Å². The molecule has 0 amide bonds. The molecule has 36 heavy (non-hydrogen) atoms. The quantitative estimate of drug-likeness (QED) is 0.215. The molecule has 6 nitrogen and oxygen atoms in total. The molecule has 0 saturated heterocycles. The summed E-state index contributed by atoms with van der Waals surface area (Å²) >= 11 is 9.76. The van der Waals surface area contributed by atoms with Crippen molar-refractivity contribution in [2.24, 2.45) is 5.10 Å². The van der Waals surface area contributed by atoms with Crippen LogP contribution in [0.15, 0.2) is 87.2 Å². The second-order valence-corrected chi connectivity index (χ2v) is 9.49. The fourth-order valence-corrected chi connectivity index (χ4v) is 4.65. The van der Waals surface area contributed by atoms with E-state index in [-0.39, 0.29) is 5.56 Å². The van der Waals surface area contributed by atoms with Gasteiger partial charge in [-0.05, 0) is 47.5 Å². The third-order valence-electron chi connectivity index (χ3n) is 5.80. The highest BCUT2D eigenvalue weighted by Crippen LogP contribution is 2.35. The predicted molar refractivity (Wildman–Crippen MR) is 148 cm³/mol. The fraction of sp³-hybridized carbons (Fsp3) is 0.107. The molecule has 5 aromatic rings. The lowest BCUT2D eigenvalue weighted by atomic mass is 10.1. The minimum Gasteiger partial charge on any atom is -0.493 e. The van der Waals surface area contributed by atoms with E-state index in [4.69, 9.17) is 21.1 Å². The van der Waals surface area contributed by atoms with Gasteiger partial charge in [0.15, 0.2) is 11.5 Å². The zero-order valence-electron chi connectivity index (χ0n) is 19.5. The second kappa shape index (κ2) is 10.1. The molecule has 0 saturated carbocycles.